The zero-order valence-corrected chi connectivity index (χ0v) is 52.2. The minimum atomic E-state index is -0.249. The first kappa shape index (κ1) is 51.7. The van der Waals surface area contributed by atoms with Gasteiger partial charge >= 0.3 is 0 Å². The molecule has 3 aliphatic heterocycles. The Labute approximate surface area is 476 Å². The standard InChI is InChI=1S/C75H90BN3/c1-43-35-52-53(71(13,14)32-31-70(52,11)12)42-58(43)77(57-28-27-51-62(44(57)2)72(15,16)34-33-69(51,9)10)47-40-59-63-60(41-47)79-65-54(74(19)29-23-24-30-75(74,79)20)37-46(68(6,7)8)39-56(65)76(63)55-38-45(67(3,4)5)36-49-61-48-25-21-22-26-50(48)73(17,18)66(61)78(59)64(49)55/h21-22,25-28,35-42H,23-24,29-34H2,1-20H3. The molecule has 4 heterocycles. The Bertz CT molecular complexity index is 3860. The van der Waals surface area contributed by atoms with Gasteiger partial charge in [0, 0.05) is 61.4 Å². The number of hydrogen-bond acceptors (Lipinski definition) is 2. The molecule has 0 bridgehead atoms. The van der Waals surface area contributed by atoms with Crippen molar-refractivity contribution in [2.24, 2.45) is 0 Å². The number of aromatic nitrogens is 1. The molecule has 14 rings (SSSR count). The minimum absolute atomic E-state index is 0.0206. The van der Waals surface area contributed by atoms with Crippen LogP contribution in [0.15, 0.2) is 84.9 Å². The SMILES string of the molecule is Cc1cc2c(cc1N(c1cc3c4c(c1)-n1c5c(c6cc(C(C)(C)C)cc(c61)B4c1cc(C(C)(C)C)cc4c1N3C1(C)CCCCC41C)-c1ccccc1C5(C)C)c1ccc3c(c1C)C(C)(C)CCC3(C)C)C(C)(C)CCC2(C)C. The highest BCUT2D eigenvalue weighted by atomic mass is 15.3. The van der Waals surface area contributed by atoms with E-state index in [9.17, 15) is 0 Å². The van der Waals surface area contributed by atoms with E-state index in [0.717, 1.165) is 6.42 Å². The summed E-state index contributed by atoms with van der Waals surface area (Å²) < 4.78 is 2.86. The van der Waals surface area contributed by atoms with Crippen molar-refractivity contribution in [1.82, 2.24) is 4.57 Å². The van der Waals surface area contributed by atoms with Gasteiger partial charge in [0.25, 0.3) is 6.71 Å². The second-order valence-electron chi connectivity index (χ2n) is 32.3. The monoisotopic (exact) mass is 1040 g/mol. The Balaban J connectivity index is 1.18. The van der Waals surface area contributed by atoms with Crippen LogP contribution in [0.1, 0.15) is 237 Å². The summed E-state index contributed by atoms with van der Waals surface area (Å²) in [5, 5.41) is 1.41. The van der Waals surface area contributed by atoms with Crippen LogP contribution in [-0.2, 0) is 43.3 Å². The largest absolute Gasteiger partial charge is 0.335 e. The third kappa shape index (κ3) is 6.56. The third-order valence-corrected chi connectivity index (χ3v) is 23.2. The van der Waals surface area contributed by atoms with E-state index < -0.39 is 0 Å². The predicted octanol–water partition coefficient (Wildman–Crippen LogP) is 18.2. The first-order valence-corrected chi connectivity index (χ1v) is 30.9. The molecule has 408 valence electrons. The smallest absolute Gasteiger partial charge is 0.252 e. The van der Waals surface area contributed by atoms with Gasteiger partial charge in [0.1, 0.15) is 0 Å². The molecule has 79 heavy (non-hydrogen) atoms. The average molecular weight is 1040 g/mol. The van der Waals surface area contributed by atoms with Crippen LogP contribution in [0.25, 0.3) is 27.7 Å². The number of hydrogen-bond donors (Lipinski definition) is 0. The van der Waals surface area contributed by atoms with Crippen molar-refractivity contribution >= 4 is 62.4 Å². The molecule has 0 saturated heterocycles. The Kier molecular flexibility index (Phi) is 10.2. The molecule has 0 spiro atoms. The lowest BCUT2D eigenvalue weighted by atomic mass is 9.33. The Hall–Kier alpha value is -5.48. The lowest BCUT2D eigenvalue weighted by Crippen LogP contribution is -2.64. The molecule has 4 aliphatic carbocycles. The summed E-state index contributed by atoms with van der Waals surface area (Å²) in [6.07, 6.45) is 9.61. The van der Waals surface area contributed by atoms with Gasteiger partial charge in [0.2, 0.25) is 0 Å². The molecule has 0 N–H and O–H groups in total. The van der Waals surface area contributed by atoms with E-state index in [1.807, 2.05) is 0 Å². The molecule has 1 saturated carbocycles. The summed E-state index contributed by atoms with van der Waals surface area (Å²) in [4.78, 5) is 5.79. The summed E-state index contributed by atoms with van der Waals surface area (Å²) in [5.74, 6) is 0. The number of anilines is 5. The van der Waals surface area contributed by atoms with Gasteiger partial charge in [-0.25, -0.2) is 0 Å². The topological polar surface area (TPSA) is 11.4 Å². The van der Waals surface area contributed by atoms with E-state index in [1.165, 1.54) is 168 Å². The molecule has 1 fully saturated rings. The first-order chi connectivity index (χ1) is 36.7. The summed E-state index contributed by atoms with van der Waals surface area (Å²) in [6, 6.07) is 36.0. The van der Waals surface area contributed by atoms with E-state index in [4.69, 9.17) is 0 Å². The fraction of sp³-hybridized carbons (Fsp3) is 0.493. The molecule has 1 aromatic heterocycles. The van der Waals surface area contributed by atoms with Crippen LogP contribution in [0.2, 0.25) is 0 Å². The van der Waals surface area contributed by atoms with Gasteiger partial charge in [-0.1, -0.05) is 185 Å². The van der Waals surface area contributed by atoms with Gasteiger partial charge in [-0.15, -0.1) is 0 Å². The van der Waals surface area contributed by atoms with Gasteiger partial charge in [-0.05, 0) is 200 Å². The molecule has 0 amide bonds. The number of rotatable bonds is 3. The molecular weight excluding hydrogens is 954 g/mol. The minimum Gasteiger partial charge on any atom is -0.335 e. The highest BCUT2D eigenvalue weighted by Crippen LogP contribution is 2.64. The fourth-order valence-corrected chi connectivity index (χ4v) is 18.0. The van der Waals surface area contributed by atoms with E-state index in [1.54, 1.807) is 11.1 Å². The van der Waals surface area contributed by atoms with Crippen molar-refractivity contribution in [2.75, 3.05) is 9.80 Å². The third-order valence-electron chi connectivity index (χ3n) is 23.2. The van der Waals surface area contributed by atoms with Gasteiger partial charge in [0.05, 0.1) is 11.2 Å². The Morgan fingerprint density at radius 2 is 1.13 bits per heavy atom. The van der Waals surface area contributed by atoms with Crippen molar-refractivity contribution in [3.63, 3.8) is 0 Å². The fourth-order valence-electron chi connectivity index (χ4n) is 18.0. The molecule has 2 unspecified atom stereocenters. The summed E-state index contributed by atoms with van der Waals surface area (Å²) in [5.41, 5.74) is 32.9. The highest BCUT2D eigenvalue weighted by molar-refractivity contribution is 7.00. The zero-order chi connectivity index (χ0) is 56.2. The molecule has 4 heteroatoms. The summed E-state index contributed by atoms with van der Waals surface area (Å²) in [6.45, 7) is 50.0. The van der Waals surface area contributed by atoms with Crippen LogP contribution in [-0.4, -0.2) is 16.8 Å². The number of aryl methyl sites for hydroxylation is 1. The molecule has 6 aromatic carbocycles. The van der Waals surface area contributed by atoms with Crippen LogP contribution in [0.3, 0.4) is 0 Å². The normalized spacial score (nSPS) is 23.6. The summed E-state index contributed by atoms with van der Waals surface area (Å²) in [7, 11) is 0. The molecular formula is C75H90BN3. The van der Waals surface area contributed by atoms with Crippen LogP contribution in [0.5, 0.6) is 0 Å². The van der Waals surface area contributed by atoms with E-state index >= 15 is 0 Å². The Morgan fingerprint density at radius 1 is 0.532 bits per heavy atom. The average Bonchev–Trinajstić information content (AvgIpc) is 2.02. The van der Waals surface area contributed by atoms with E-state index in [0.29, 0.717) is 0 Å². The lowest BCUT2D eigenvalue weighted by molar-refractivity contribution is 0.195. The van der Waals surface area contributed by atoms with Crippen LogP contribution in [0, 0.1) is 13.8 Å². The van der Waals surface area contributed by atoms with Gasteiger partial charge in [0.15, 0.2) is 0 Å². The van der Waals surface area contributed by atoms with Gasteiger partial charge in [-0.2, -0.15) is 0 Å². The van der Waals surface area contributed by atoms with Crippen molar-refractivity contribution in [3.8, 4) is 16.8 Å². The lowest BCUT2D eigenvalue weighted by Gasteiger charge is -2.52. The van der Waals surface area contributed by atoms with Crippen molar-refractivity contribution < 1.29 is 0 Å². The van der Waals surface area contributed by atoms with Crippen molar-refractivity contribution in [3.05, 3.63) is 146 Å². The second-order valence-corrected chi connectivity index (χ2v) is 32.3. The Morgan fingerprint density at radius 3 is 1.81 bits per heavy atom. The van der Waals surface area contributed by atoms with Gasteiger partial charge < -0.3 is 14.4 Å². The number of benzene rings is 6. The second kappa shape index (κ2) is 15.5. The molecule has 7 aliphatic rings. The highest BCUT2D eigenvalue weighted by Gasteiger charge is 2.62. The van der Waals surface area contributed by atoms with Crippen LogP contribution in [0.4, 0.5) is 28.4 Å². The molecule has 0 radical (unpaired) electrons. The molecule has 3 nitrogen and oxygen atoms in total. The predicted molar refractivity (Wildman–Crippen MR) is 340 cm³/mol. The van der Waals surface area contributed by atoms with Gasteiger partial charge in [-0.3, -0.25) is 0 Å². The zero-order valence-electron chi connectivity index (χ0n) is 52.2. The maximum atomic E-state index is 3.00. The molecule has 2 atom stereocenters. The van der Waals surface area contributed by atoms with E-state index in [-0.39, 0.29) is 55.6 Å². The van der Waals surface area contributed by atoms with Crippen molar-refractivity contribution in [2.45, 2.75) is 239 Å². The van der Waals surface area contributed by atoms with Crippen LogP contribution < -0.4 is 26.2 Å². The maximum absolute atomic E-state index is 3.00. The number of nitrogens with zero attached hydrogens (tertiary/aromatic N) is 3. The maximum Gasteiger partial charge on any atom is 0.252 e. The first-order valence-electron chi connectivity index (χ1n) is 30.9. The van der Waals surface area contributed by atoms with Crippen LogP contribution >= 0.6 is 0 Å². The summed E-state index contributed by atoms with van der Waals surface area (Å²) >= 11 is 0. The van der Waals surface area contributed by atoms with E-state index in [2.05, 4.69) is 238 Å². The van der Waals surface area contributed by atoms with Crippen molar-refractivity contribution in [1.29, 1.82) is 0 Å². The number of fused-ring (bicyclic) bond motifs is 14. The quantitative estimate of drug-likeness (QED) is 0.163. The molecule has 7 aromatic rings.